The molecule has 0 aromatic heterocycles. The zero-order valence-electron chi connectivity index (χ0n) is 10.7. The number of rotatable bonds is 0. The first-order valence-corrected chi connectivity index (χ1v) is 5.95. The summed E-state index contributed by atoms with van der Waals surface area (Å²) in [7, 11) is 0. The Balaban J connectivity index is 2.65. The van der Waals surface area contributed by atoms with Gasteiger partial charge in [0.05, 0.1) is 39.9 Å². The van der Waals surface area contributed by atoms with Crippen LogP contribution in [0, 0.1) is 34.0 Å². The molecule has 0 radical (unpaired) electrons. The molecule has 3 rings (SSSR count). The first-order chi connectivity index (χ1) is 10.1. The van der Waals surface area contributed by atoms with E-state index in [9.17, 15) is 15.8 Å². The van der Waals surface area contributed by atoms with Gasteiger partial charge in [0.2, 0.25) is 0 Å². The van der Waals surface area contributed by atoms with E-state index in [1.807, 2.05) is 12.1 Å². The van der Waals surface area contributed by atoms with Crippen LogP contribution in [0.25, 0.3) is 23.0 Å². The fourth-order valence-electron chi connectivity index (χ4n) is 2.76. The third kappa shape index (κ3) is 1.27. The number of anilines is 1. The number of fused-ring (bicyclic) bond motifs is 3. The Kier molecular flexibility index (Phi) is 2.29. The van der Waals surface area contributed by atoms with Gasteiger partial charge in [-0.2, -0.15) is 15.8 Å². The molecule has 2 aliphatic rings. The van der Waals surface area contributed by atoms with E-state index < -0.39 is 0 Å². The largest absolute Gasteiger partial charge is 0.397 e. The highest BCUT2D eigenvalue weighted by Crippen LogP contribution is 2.30. The Bertz CT molecular complexity index is 1030. The molecule has 98 valence electrons. The summed E-state index contributed by atoms with van der Waals surface area (Å²) in [5.41, 5.74) is 20.2. The molecule has 6 heteroatoms. The van der Waals surface area contributed by atoms with Crippen molar-refractivity contribution in [3.8, 4) is 18.2 Å². The number of nitriles is 3. The van der Waals surface area contributed by atoms with E-state index in [0.29, 0.717) is 27.1 Å². The maximum Gasteiger partial charge on any atom is 0.104 e. The van der Waals surface area contributed by atoms with Crippen LogP contribution in [0.4, 0.5) is 5.69 Å². The average molecular weight is 272 g/mol. The van der Waals surface area contributed by atoms with Gasteiger partial charge in [-0.05, 0) is 6.08 Å². The summed E-state index contributed by atoms with van der Waals surface area (Å²) in [6.45, 7) is 0. The molecule has 0 saturated carbocycles. The van der Waals surface area contributed by atoms with Crippen molar-refractivity contribution in [2.24, 2.45) is 11.5 Å². The third-order valence-electron chi connectivity index (χ3n) is 3.68. The number of hydrogen-bond acceptors (Lipinski definition) is 6. The standard InChI is InChI=1S/C15H8N6/c16-3-6-1-2-7-8(4-17)13(19)12-11(10(6)7)14(20)9(5-18)15(12)21/h1-2H,19-21H2. The first-order valence-electron chi connectivity index (χ1n) is 5.95. The molecule has 0 bridgehead atoms. The molecule has 0 saturated heterocycles. The third-order valence-corrected chi connectivity index (χ3v) is 3.68. The van der Waals surface area contributed by atoms with Gasteiger partial charge in [-0.1, -0.05) is 6.08 Å². The summed E-state index contributed by atoms with van der Waals surface area (Å²) in [5.74, 6) is 0. The van der Waals surface area contributed by atoms with Crippen LogP contribution in [-0.2, 0) is 0 Å². The number of nitrogens with zero attached hydrogens (tertiary/aromatic N) is 3. The maximum absolute atomic E-state index is 9.33. The average Bonchev–Trinajstić information content (AvgIpc) is 2.99. The van der Waals surface area contributed by atoms with Gasteiger partial charge in [0.15, 0.2) is 0 Å². The lowest BCUT2D eigenvalue weighted by Gasteiger charge is -2.10. The molecule has 0 fully saturated rings. The quantitative estimate of drug-likeness (QED) is 0.522. The molecule has 6 N–H and O–H groups in total. The van der Waals surface area contributed by atoms with Crippen LogP contribution in [0.1, 0.15) is 16.7 Å². The zero-order valence-corrected chi connectivity index (χ0v) is 10.7. The Morgan fingerprint density at radius 1 is 0.810 bits per heavy atom. The van der Waals surface area contributed by atoms with Crippen molar-refractivity contribution in [1.29, 1.82) is 15.8 Å². The minimum absolute atomic E-state index is 0.123. The molecule has 21 heavy (non-hydrogen) atoms. The zero-order chi connectivity index (χ0) is 15.3. The Morgan fingerprint density at radius 3 is 2.10 bits per heavy atom. The molecule has 1 aromatic carbocycles. The van der Waals surface area contributed by atoms with Gasteiger partial charge in [-0.3, -0.25) is 0 Å². The van der Waals surface area contributed by atoms with Gasteiger partial charge in [0.25, 0.3) is 0 Å². The van der Waals surface area contributed by atoms with Gasteiger partial charge >= 0.3 is 0 Å². The molecular weight excluding hydrogens is 264 g/mol. The fraction of sp³-hybridized carbons (Fsp3) is 0. The first kappa shape index (κ1) is 12.3. The molecule has 0 amide bonds. The minimum atomic E-state index is 0.123. The van der Waals surface area contributed by atoms with Gasteiger partial charge in [0, 0.05) is 21.6 Å². The normalized spacial score (nSPS) is 14.5. The number of nitrogen functional groups attached to an aromatic ring is 1. The smallest absolute Gasteiger partial charge is 0.104 e. The highest BCUT2D eigenvalue weighted by Gasteiger charge is 2.29. The second-order valence-corrected chi connectivity index (χ2v) is 4.61. The lowest BCUT2D eigenvalue weighted by atomic mass is 9.94. The van der Waals surface area contributed by atoms with Crippen molar-refractivity contribution < 1.29 is 0 Å². The number of nitrogens with two attached hydrogens (primary N) is 3. The topological polar surface area (TPSA) is 149 Å². The summed E-state index contributed by atoms with van der Waals surface area (Å²) in [6.07, 6.45) is 3.25. The lowest BCUT2D eigenvalue weighted by molar-refractivity contribution is 1.37. The summed E-state index contributed by atoms with van der Waals surface area (Å²) in [5, 5.41) is 28.7. The van der Waals surface area contributed by atoms with Crippen LogP contribution < -0.4 is 27.6 Å². The molecule has 0 atom stereocenters. The van der Waals surface area contributed by atoms with Crippen molar-refractivity contribution in [2.75, 3.05) is 5.73 Å². The van der Waals surface area contributed by atoms with Gasteiger partial charge in [0.1, 0.15) is 12.1 Å². The van der Waals surface area contributed by atoms with Crippen LogP contribution in [0.5, 0.6) is 0 Å². The second kappa shape index (κ2) is 3.90. The van der Waals surface area contributed by atoms with Gasteiger partial charge < -0.3 is 17.2 Å². The number of benzene rings is 1. The molecule has 0 spiro atoms. The Morgan fingerprint density at radius 2 is 1.52 bits per heavy atom. The monoisotopic (exact) mass is 272 g/mol. The number of hydrogen-bond donors (Lipinski definition) is 3. The van der Waals surface area contributed by atoms with E-state index in [-0.39, 0.29) is 28.2 Å². The molecule has 0 aliphatic heterocycles. The molecule has 6 nitrogen and oxygen atoms in total. The Labute approximate surface area is 119 Å². The van der Waals surface area contributed by atoms with Crippen LogP contribution in [-0.4, -0.2) is 0 Å². The van der Waals surface area contributed by atoms with E-state index in [1.165, 1.54) is 0 Å². The van der Waals surface area contributed by atoms with Crippen LogP contribution >= 0.6 is 0 Å². The van der Waals surface area contributed by atoms with E-state index in [1.54, 1.807) is 12.2 Å². The summed E-state index contributed by atoms with van der Waals surface area (Å²) < 4.78 is 0. The molecular formula is C15H8N6. The van der Waals surface area contributed by atoms with Crippen molar-refractivity contribution in [1.82, 2.24) is 0 Å². The second-order valence-electron chi connectivity index (χ2n) is 4.61. The molecule has 1 aromatic rings. The number of allylic oxidation sites excluding steroid dienone is 2. The van der Waals surface area contributed by atoms with E-state index in [4.69, 9.17) is 17.2 Å². The maximum atomic E-state index is 9.33. The van der Waals surface area contributed by atoms with Crippen molar-refractivity contribution in [3.63, 3.8) is 0 Å². The predicted molar refractivity (Wildman–Crippen MR) is 77.2 cm³/mol. The van der Waals surface area contributed by atoms with Crippen LogP contribution in [0.15, 0.2) is 11.6 Å². The Hall–Kier alpha value is -3.69. The van der Waals surface area contributed by atoms with Crippen LogP contribution in [0.2, 0.25) is 0 Å². The lowest BCUT2D eigenvalue weighted by Crippen LogP contribution is -2.28. The summed E-state index contributed by atoms with van der Waals surface area (Å²) >= 11 is 0. The van der Waals surface area contributed by atoms with E-state index in [0.717, 1.165) is 0 Å². The molecule has 0 heterocycles. The van der Waals surface area contributed by atoms with Crippen molar-refractivity contribution in [3.05, 3.63) is 38.8 Å². The minimum Gasteiger partial charge on any atom is -0.397 e. The SMILES string of the molecule is N#CC1=CC=c2c(C#N)c(N)c3c(c21)C(N)=C(C#N)C=3N. The molecule has 2 aliphatic carbocycles. The highest BCUT2D eigenvalue weighted by molar-refractivity contribution is 6.01. The van der Waals surface area contributed by atoms with Crippen molar-refractivity contribution >= 4 is 28.7 Å². The highest BCUT2D eigenvalue weighted by atomic mass is 14.7. The summed E-state index contributed by atoms with van der Waals surface area (Å²) in [6, 6.07) is 6.03. The van der Waals surface area contributed by atoms with Gasteiger partial charge in [-0.25, -0.2) is 0 Å². The van der Waals surface area contributed by atoms with E-state index in [2.05, 4.69) is 6.07 Å². The van der Waals surface area contributed by atoms with Crippen molar-refractivity contribution in [2.45, 2.75) is 0 Å². The molecule has 0 unspecified atom stereocenters. The predicted octanol–water partition coefficient (Wildman–Crippen LogP) is -0.885. The van der Waals surface area contributed by atoms with Gasteiger partial charge in [-0.15, -0.1) is 0 Å². The van der Waals surface area contributed by atoms with E-state index >= 15 is 0 Å². The summed E-state index contributed by atoms with van der Waals surface area (Å²) in [4.78, 5) is 0. The fourth-order valence-corrected chi connectivity index (χ4v) is 2.76. The van der Waals surface area contributed by atoms with Crippen LogP contribution in [0.3, 0.4) is 0 Å².